The summed E-state index contributed by atoms with van der Waals surface area (Å²) in [5.74, 6) is -1.39. The molecule has 0 atom stereocenters. The fraction of sp³-hybridized carbons (Fsp3) is 0.0345. The van der Waals surface area contributed by atoms with Crippen molar-refractivity contribution in [3.05, 3.63) is 132 Å². The van der Waals surface area contributed by atoms with Crippen molar-refractivity contribution in [1.29, 1.82) is 0 Å². The van der Waals surface area contributed by atoms with Gasteiger partial charge < -0.3 is 10.1 Å². The number of non-ortho nitro benzene ring substituents is 1. The number of esters is 1. The number of rotatable bonds is 8. The third-order valence-electron chi connectivity index (χ3n) is 5.61. The Bertz CT molecular complexity index is 1670. The van der Waals surface area contributed by atoms with Gasteiger partial charge in [0.1, 0.15) is 0 Å². The number of carbonyl (C=O) groups is 3. The molecule has 2 N–H and O–H groups in total. The molecule has 4 aromatic rings. The van der Waals surface area contributed by atoms with E-state index < -0.39 is 22.7 Å². The Hall–Kier alpha value is -4.68. The van der Waals surface area contributed by atoms with Gasteiger partial charge in [0.2, 0.25) is 0 Å². The topological polar surface area (TPSA) is 140 Å². The fourth-order valence-corrected chi connectivity index (χ4v) is 4.87. The molecule has 2 amide bonds. The van der Waals surface area contributed by atoms with E-state index in [0.717, 1.165) is 5.56 Å². The Morgan fingerprint density at radius 2 is 1.56 bits per heavy atom. The van der Waals surface area contributed by atoms with Gasteiger partial charge in [-0.3, -0.25) is 19.7 Å². The highest BCUT2D eigenvalue weighted by atomic mass is 79.9. The molecule has 0 unspecified atom stereocenters. The molecule has 12 heteroatoms. The van der Waals surface area contributed by atoms with Crippen LogP contribution in [0.25, 0.3) is 0 Å². The Morgan fingerprint density at radius 3 is 2.24 bits per heavy atom. The molecule has 41 heavy (non-hydrogen) atoms. The Balaban J connectivity index is 1.44. The highest BCUT2D eigenvalue weighted by Crippen LogP contribution is 2.32. The molecule has 0 aliphatic carbocycles. The van der Waals surface area contributed by atoms with Gasteiger partial charge in [-0.05, 0) is 77.5 Å². The van der Waals surface area contributed by atoms with Gasteiger partial charge in [-0.2, -0.15) is 5.10 Å². The number of anilines is 1. The van der Waals surface area contributed by atoms with Gasteiger partial charge in [0.15, 0.2) is 5.75 Å². The lowest BCUT2D eigenvalue weighted by molar-refractivity contribution is -0.384. The van der Waals surface area contributed by atoms with E-state index in [0.29, 0.717) is 25.8 Å². The lowest BCUT2D eigenvalue weighted by Gasteiger charge is -2.11. The zero-order valence-electron chi connectivity index (χ0n) is 21.3. The molecule has 0 saturated carbocycles. The predicted octanol–water partition coefficient (Wildman–Crippen LogP) is 6.66. The second kappa shape index (κ2) is 13.1. The third kappa shape index (κ3) is 7.71. The van der Waals surface area contributed by atoms with Gasteiger partial charge >= 0.3 is 5.97 Å². The van der Waals surface area contributed by atoms with Crippen LogP contribution in [-0.2, 0) is 0 Å². The first-order chi connectivity index (χ1) is 19.6. The molecule has 0 radical (unpaired) electrons. The summed E-state index contributed by atoms with van der Waals surface area (Å²) in [5, 5.41) is 17.5. The summed E-state index contributed by atoms with van der Waals surface area (Å²) in [4.78, 5) is 48.2. The minimum Gasteiger partial charge on any atom is -0.421 e. The summed E-state index contributed by atoms with van der Waals surface area (Å²) < 4.78 is 6.80. The number of nitrogens with one attached hydrogen (secondary N) is 2. The summed E-state index contributed by atoms with van der Waals surface area (Å²) >= 11 is 6.80. The zero-order chi connectivity index (χ0) is 29.5. The van der Waals surface area contributed by atoms with Gasteiger partial charge in [0.25, 0.3) is 17.5 Å². The number of nitrogens with zero attached hydrogens (tertiary/aromatic N) is 2. The summed E-state index contributed by atoms with van der Waals surface area (Å²) in [6, 6.07) is 21.6. The number of halogens is 2. The largest absolute Gasteiger partial charge is 0.421 e. The molecule has 0 fully saturated rings. The van der Waals surface area contributed by atoms with Crippen LogP contribution >= 0.6 is 31.9 Å². The van der Waals surface area contributed by atoms with Gasteiger partial charge in [-0.1, -0.05) is 39.7 Å². The van der Waals surface area contributed by atoms with Crippen LogP contribution in [0.4, 0.5) is 11.4 Å². The van der Waals surface area contributed by atoms with E-state index in [1.807, 2.05) is 6.92 Å². The molecule has 0 aromatic heterocycles. The normalized spacial score (nSPS) is 10.7. The van der Waals surface area contributed by atoms with E-state index in [1.165, 1.54) is 42.6 Å². The van der Waals surface area contributed by atoms with Crippen LogP contribution in [0.15, 0.2) is 99.0 Å². The second-order valence-electron chi connectivity index (χ2n) is 8.60. The highest BCUT2D eigenvalue weighted by molar-refractivity contribution is 9.11. The zero-order valence-corrected chi connectivity index (χ0v) is 24.4. The van der Waals surface area contributed by atoms with E-state index >= 15 is 0 Å². The van der Waals surface area contributed by atoms with Gasteiger partial charge in [-0.15, -0.1) is 0 Å². The van der Waals surface area contributed by atoms with Crippen molar-refractivity contribution in [3.8, 4) is 5.75 Å². The van der Waals surface area contributed by atoms with Crippen LogP contribution in [0.3, 0.4) is 0 Å². The monoisotopic (exact) mass is 678 g/mol. The van der Waals surface area contributed by atoms with Crippen LogP contribution in [-0.4, -0.2) is 28.9 Å². The van der Waals surface area contributed by atoms with Crippen molar-refractivity contribution in [1.82, 2.24) is 5.43 Å². The van der Waals surface area contributed by atoms with Gasteiger partial charge in [-0.25, -0.2) is 10.2 Å². The molecule has 10 nitrogen and oxygen atoms in total. The van der Waals surface area contributed by atoms with E-state index in [4.69, 9.17) is 4.74 Å². The Kier molecular flexibility index (Phi) is 9.37. The molecular weight excluding hydrogens is 660 g/mol. The molecule has 0 spiro atoms. The van der Waals surface area contributed by atoms with Crippen molar-refractivity contribution < 1.29 is 24.0 Å². The smallest absolute Gasteiger partial charge is 0.343 e. The van der Waals surface area contributed by atoms with Crippen LogP contribution in [0.5, 0.6) is 5.75 Å². The van der Waals surface area contributed by atoms with Crippen LogP contribution in [0, 0.1) is 17.0 Å². The number of nitro groups is 1. The van der Waals surface area contributed by atoms with Crippen molar-refractivity contribution in [3.63, 3.8) is 0 Å². The third-order valence-corrected chi connectivity index (χ3v) is 6.66. The van der Waals surface area contributed by atoms with Crippen molar-refractivity contribution in [2.45, 2.75) is 6.92 Å². The number of nitro benzene ring substituents is 1. The number of hydrogen-bond donors (Lipinski definition) is 2. The van der Waals surface area contributed by atoms with Crippen LogP contribution in [0.1, 0.15) is 42.2 Å². The lowest BCUT2D eigenvalue weighted by atomic mass is 10.1. The van der Waals surface area contributed by atoms with Crippen molar-refractivity contribution >= 4 is 67.2 Å². The average Bonchev–Trinajstić information content (AvgIpc) is 2.95. The molecule has 206 valence electrons. The summed E-state index contributed by atoms with van der Waals surface area (Å²) in [6.45, 7) is 1.91. The van der Waals surface area contributed by atoms with Gasteiger partial charge in [0, 0.05) is 39.0 Å². The number of amides is 2. The molecule has 0 bridgehead atoms. The molecule has 4 aromatic carbocycles. The minimum absolute atomic E-state index is 0.132. The lowest BCUT2D eigenvalue weighted by Crippen LogP contribution is -2.18. The molecule has 0 aliphatic rings. The number of carbonyl (C=O) groups excluding carboxylic acids is 3. The number of hydrogen-bond acceptors (Lipinski definition) is 7. The highest BCUT2D eigenvalue weighted by Gasteiger charge is 2.16. The molecule has 0 saturated heterocycles. The maximum absolute atomic E-state index is 12.7. The predicted molar refractivity (Wildman–Crippen MR) is 161 cm³/mol. The Morgan fingerprint density at radius 1 is 0.878 bits per heavy atom. The first-order valence-electron chi connectivity index (χ1n) is 11.9. The first-order valence-corrected chi connectivity index (χ1v) is 13.5. The summed E-state index contributed by atoms with van der Waals surface area (Å²) in [5.41, 5.74) is 4.85. The summed E-state index contributed by atoms with van der Waals surface area (Å²) in [7, 11) is 0. The quantitative estimate of drug-likeness (QED) is 0.0702. The summed E-state index contributed by atoms with van der Waals surface area (Å²) in [6.07, 6.45) is 1.34. The van der Waals surface area contributed by atoms with Crippen molar-refractivity contribution in [2.75, 3.05) is 5.32 Å². The van der Waals surface area contributed by atoms with E-state index in [2.05, 4.69) is 47.7 Å². The molecular formula is C29H20Br2N4O6. The Labute approximate surface area is 250 Å². The van der Waals surface area contributed by atoms with Gasteiger partial charge in [0.05, 0.1) is 21.2 Å². The molecule has 4 rings (SSSR count). The number of benzene rings is 4. The fourth-order valence-electron chi connectivity index (χ4n) is 3.53. The SMILES string of the molecule is Cc1ccc(C(=O)Oc2c(Br)cc(Br)cc2C=NNC(=O)c2cccc(NC(=O)c3ccc([N+](=O)[O-])cc3)c2)cc1. The number of ether oxygens (including phenoxy) is 1. The second-order valence-corrected chi connectivity index (χ2v) is 10.4. The van der Waals surface area contributed by atoms with Crippen LogP contribution in [0.2, 0.25) is 0 Å². The van der Waals surface area contributed by atoms with E-state index in [9.17, 15) is 24.5 Å². The standard InChI is InChI=1S/C29H20Br2N4O6/c1-17-5-7-19(8-6-17)29(38)41-26-21(13-22(30)15-25(26)31)16-32-34-28(37)20-3-2-4-23(14-20)33-27(36)18-9-11-24(12-10-18)35(39)40/h2-16H,1H3,(H,33,36)(H,34,37). The molecule has 0 heterocycles. The van der Waals surface area contributed by atoms with Crippen molar-refractivity contribution in [2.24, 2.45) is 5.10 Å². The molecule has 0 aliphatic heterocycles. The average molecular weight is 680 g/mol. The van der Waals surface area contributed by atoms with E-state index in [-0.39, 0.29) is 22.6 Å². The number of aryl methyl sites for hydroxylation is 1. The maximum Gasteiger partial charge on any atom is 0.343 e. The number of hydrazone groups is 1. The maximum atomic E-state index is 12.7. The van der Waals surface area contributed by atoms with E-state index in [1.54, 1.807) is 48.5 Å². The minimum atomic E-state index is -0.556. The van der Waals surface area contributed by atoms with Crippen LogP contribution < -0.4 is 15.5 Å². The first kappa shape index (κ1) is 29.3.